The number of carbonyl (C=O) groups is 2. The van der Waals surface area contributed by atoms with Crippen molar-refractivity contribution >= 4 is 23.7 Å². The van der Waals surface area contributed by atoms with Gasteiger partial charge >= 0.3 is 12.1 Å². The van der Waals surface area contributed by atoms with Crippen LogP contribution in [0.25, 0.3) is 0 Å². The van der Waals surface area contributed by atoms with Crippen LogP contribution >= 0.6 is 11.6 Å². The van der Waals surface area contributed by atoms with Crippen LogP contribution in [0.5, 0.6) is 0 Å². The van der Waals surface area contributed by atoms with Crippen LogP contribution in [-0.4, -0.2) is 49.1 Å². The second-order valence-corrected chi connectivity index (χ2v) is 7.43. The van der Waals surface area contributed by atoms with E-state index in [1.165, 1.54) is 56.9 Å². The fourth-order valence-corrected chi connectivity index (χ4v) is 2.47. The molecule has 2 unspecified atom stereocenters. The van der Waals surface area contributed by atoms with Crippen LogP contribution < -0.4 is 0 Å². The molecule has 2 atom stereocenters. The second-order valence-electron chi connectivity index (χ2n) is 7.12. The highest BCUT2D eigenvalue weighted by Crippen LogP contribution is 2.10. The molecule has 0 spiro atoms. The summed E-state index contributed by atoms with van der Waals surface area (Å²) in [4.78, 5) is 25.2. The Kier molecular flexibility index (Phi) is 15.6. The number of amides is 1. The topological polar surface area (TPSA) is 55.8 Å². The molecule has 154 valence electrons. The zero-order chi connectivity index (χ0) is 19.8. The van der Waals surface area contributed by atoms with Gasteiger partial charge in [0.05, 0.1) is 13.2 Å². The Bertz CT molecular complexity index is 379. The number of halogens is 1. The maximum absolute atomic E-state index is 12.0. The van der Waals surface area contributed by atoms with E-state index in [-0.39, 0.29) is 12.5 Å². The molecule has 5 nitrogen and oxygen atoms in total. The van der Waals surface area contributed by atoms with Gasteiger partial charge in [-0.05, 0) is 13.3 Å². The first-order chi connectivity index (χ1) is 12.4. The summed E-state index contributed by atoms with van der Waals surface area (Å²) in [7, 11) is 1.54. The minimum atomic E-state index is -0.660. The van der Waals surface area contributed by atoms with Gasteiger partial charge in [0, 0.05) is 18.8 Å². The van der Waals surface area contributed by atoms with Crippen molar-refractivity contribution in [2.45, 2.75) is 84.6 Å². The van der Waals surface area contributed by atoms with E-state index in [2.05, 4.69) is 6.92 Å². The highest BCUT2D eigenvalue weighted by Gasteiger charge is 2.25. The fraction of sp³-hybridized carbons (Fsp3) is 0.900. The lowest BCUT2D eigenvalue weighted by molar-refractivity contribution is -0.148. The van der Waals surface area contributed by atoms with E-state index in [1.54, 1.807) is 6.92 Å². The molecule has 0 N–H and O–H groups in total. The number of unbranched alkanes of at least 4 members (excludes halogenated alkanes) is 8. The molecule has 0 aliphatic heterocycles. The Morgan fingerprint density at radius 1 is 0.923 bits per heavy atom. The summed E-state index contributed by atoms with van der Waals surface area (Å²) < 4.78 is 10.4. The molecule has 0 aromatic heterocycles. The molecule has 6 heteroatoms. The molecule has 0 aromatic rings. The zero-order valence-corrected chi connectivity index (χ0v) is 17.9. The monoisotopic (exact) mass is 391 g/mol. The summed E-state index contributed by atoms with van der Waals surface area (Å²) in [6.45, 7) is 6.41. The number of likely N-dealkylation sites (N-methyl/N-ethyl adjacent to an activating group) is 1. The lowest BCUT2D eigenvalue weighted by atomic mass is 10.1. The second kappa shape index (κ2) is 16.2. The lowest BCUT2D eigenvalue weighted by Gasteiger charge is -2.23. The number of nitrogens with zero attached hydrogens (tertiary/aromatic N) is 1. The Labute approximate surface area is 164 Å². The van der Waals surface area contributed by atoms with E-state index >= 15 is 0 Å². The molecule has 0 radical (unpaired) electrons. The number of ether oxygens (including phenoxy) is 2. The molecule has 0 heterocycles. The standard InChI is InChI=1S/C20H38ClNO4/c1-5-6-7-8-9-10-11-12-13-14-25-19(23)18(3)22(4)20(24)26-16-17(2)15-21/h17-18H,5-16H2,1-4H3. The van der Waals surface area contributed by atoms with E-state index in [1.807, 2.05) is 6.92 Å². The van der Waals surface area contributed by atoms with Crippen molar-refractivity contribution in [3.05, 3.63) is 0 Å². The van der Waals surface area contributed by atoms with Gasteiger partial charge in [-0.25, -0.2) is 9.59 Å². The Morgan fingerprint density at radius 3 is 2.00 bits per heavy atom. The molecule has 0 fully saturated rings. The summed E-state index contributed by atoms with van der Waals surface area (Å²) in [6, 6.07) is -0.660. The summed E-state index contributed by atoms with van der Waals surface area (Å²) in [5, 5.41) is 0. The number of hydrogen-bond donors (Lipinski definition) is 0. The van der Waals surface area contributed by atoms with Crippen LogP contribution in [0.4, 0.5) is 4.79 Å². The molecule has 1 amide bonds. The zero-order valence-electron chi connectivity index (χ0n) is 17.1. The largest absolute Gasteiger partial charge is 0.464 e. The summed E-state index contributed by atoms with van der Waals surface area (Å²) >= 11 is 5.68. The molecule has 0 saturated heterocycles. The summed E-state index contributed by atoms with van der Waals surface area (Å²) in [5.74, 6) is 0.116. The lowest BCUT2D eigenvalue weighted by Crippen LogP contribution is -2.42. The first kappa shape index (κ1) is 25.0. The van der Waals surface area contributed by atoms with E-state index in [0.29, 0.717) is 12.5 Å². The van der Waals surface area contributed by atoms with Gasteiger partial charge in [0.2, 0.25) is 0 Å². The van der Waals surface area contributed by atoms with Crippen LogP contribution in [0, 0.1) is 5.92 Å². The number of carbonyl (C=O) groups excluding carboxylic acids is 2. The van der Waals surface area contributed by atoms with Gasteiger partial charge in [0.1, 0.15) is 6.04 Å². The predicted molar refractivity (Wildman–Crippen MR) is 107 cm³/mol. The van der Waals surface area contributed by atoms with Gasteiger partial charge in [-0.3, -0.25) is 4.90 Å². The Morgan fingerprint density at radius 2 is 1.46 bits per heavy atom. The van der Waals surface area contributed by atoms with Crippen molar-refractivity contribution < 1.29 is 19.1 Å². The molecule has 0 rings (SSSR count). The fourth-order valence-electron chi connectivity index (χ4n) is 2.38. The molecular formula is C20H38ClNO4. The van der Waals surface area contributed by atoms with Crippen LogP contribution in [-0.2, 0) is 14.3 Å². The van der Waals surface area contributed by atoms with Gasteiger partial charge in [-0.2, -0.15) is 0 Å². The van der Waals surface area contributed by atoms with E-state index in [0.717, 1.165) is 12.8 Å². The molecular weight excluding hydrogens is 354 g/mol. The number of hydrogen-bond acceptors (Lipinski definition) is 4. The molecule has 0 bridgehead atoms. The molecule has 0 aromatic carbocycles. The molecule has 0 saturated carbocycles. The third-order valence-electron chi connectivity index (χ3n) is 4.46. The highest BCUT2D eigenvalue weighted by atomic mass is 35.5. The van der Waals surface area contributed by atoms with Gasteiger partial charge in [0.25, 0.3) is 0 Å². The maximum Gasteiger partial charge on any atom is 0.410 e. The van der Waals surface area contributed by atoms with E-state index < -0.39 is 18.1 Å². The van der Waals surface area contributed by atoms with Crippen LogP contribution in [0.3, 0.4) is 0 Å². The minimum Gasteiger partial charge on any atom is -0.464 e. The van der Waals surface area contributed by atoms with Gasteiger partial charge in [-0.1, -0.05) is 65.2 Å². The van der Waals surface area contributed by atoms with Crippen LogP contribution in [0.2, 0.25) is 0 Å². The van der Waals surface area contributed by atoms with Gasteiger partial charge in [0.15, 0.2) is 0 Å². The van der Waals surface area contributed by atoms with Crippen molar-refractivity contribution in [2.75, 3.05) is 26.1 Å². The van der Waals surface area contributed by atoms with E-state index in [4.69, 9.17) is 21.1 Å². The number of alkyl halides is 1. The van der Waals surface area contributed by atoms with Crippen molar-refractivity contribution in [3.63, 3.8) is 0 Å². The smallest absolute Gasteiger partial charge is 0.410 e. The minimum absolute atomic E-state index is 0.0860. The maximum atomic E-state index is 12.0. The van der Waals surface area contributed by atoms with Crippen molar-refractivity contribution in [1.82, 2.24) is 4.90 Å². The molecule has 26 heavy (non-hydrogen) atoms. The highest BCUT2D eigenvalue weighted by molar-refractivity contribution is 6.18. The molecule has 0 aliphatic rings. The van der Waals surface area contributed by atoms with Crippen LogP contribution in [0.1, 0.15) is 78.6 Å². The van der Waals surface area contributed by atoms with Crippen molar-refractivity contribution in [1.29, 1.82) is 0 Å². The summed E-state index contributed by atoms with van der Waals surface area (Å²) in [5.41, 5.74) is 0. The average Bonchev–Trinajstić information content (AvgIpc) is 2.65. The number of rotatable bonds is 15. The Hall–Kier alpha value is -0.970. The number of esters is 1. The predicted octanol–water partition coefficient (Wildman–Crippen LogP) is 5.39. The normalized spacial score (nSPS) is 13.1. The quantitative estimate of drug-likeness (QED) is 0.213. The van der Waals surface area contributed by atoms with Gasteiger partial charge < -0.3 is 9.47 Å². The van der Waals surface area contributed by atoms with Crippen LogP contribution in [0.15, 0.2) is 0 Å². The SMILES string of the molecule is CCCCCCCCCCCOC(=O)C(C)N(C)C(=O)OCC(C)CCl. The van der Waals surface area contributed by atoms with Crippen molar-refractivity contribution in [2.24, 2.45) is 5.92 Å². The van der Waals surface area contributed by atoms with Gasteiger partial charge in [-0.15, -0.1) is 11.6 Å². The summed E-state index contributed by atoms with van der Waals surface area (Å²) in [6.07, 6.45) is 10.4. The van der Waals surface area contributed by atoms with E-state index in [9.17, 15) is 9.59 Å². The average molecular weight is 392 g/mol. The Balaban J connectivity index is 3.76. The first-order valence-electron chi connectivity index (χ1n) is 10.1. The first-order valence-corrected chi connectivity index (χ1v) is 10.6. The third-order valence-corrected chi connectivity index (χ3v) is 4.98. The third kappa shape index (κ3) is 12.4. The van der Waals surface area contributed by atoms with Crippen molar-refractivity contribution in [3.8, 4) is 0 Å². The molecule has 0 aliphatic carbocycles.